The maximum atomic E-state index is 12.8. The molecule has 0 unspecified atom stereocenters. The number of halogens is 2. The summed E-state index contributed by atoms with van der Waals surface area (Å²) in [6.07, 6.45) is 3.24. The predicted molar refractivity (Wildman–Crippen MR) is 86.0 cm³/mol. The van der Waals surface area contributed by atoms with E-state index >= 15 is 0 Å². The summed E-state index contributed by atoms with van der Waals surface area (Å²) < 4.78 is 30.0. The van der Waals surface area contributed by atoms with Crippen molar-refractivity contribution >= 4 is 11.5 Å². The highest BCUT2D eigenvalue weighted by molar-refractivity contribution is 6.04. The minimum atomic E-state index is -0.414. The van der Waals surface area contributed by atoms with Crippen molar-refractivity contribution in [2.75, 3.05) is 18.6 Å². The van der Waals surface area contributed by atoms with Crippen LogP contribution in [-0.4, -0.2) is 19.1 Å². The Bertz CT molecular complexity index is 652. The molecule has 2 aromatic carbocycles. The van der Waals surface area contributed by atoms with Gasteiger partial charge in [-0.2, -0.15) is 0 Å². The van der Waals surface area contributed by atoms with Gasteiger partial charge in [0, 0.05) is 29.9 Å². The molecule has 0 saturated heterocycles. The number of allylic oxidation sites excluding steroid dienone is 1. The number of ether oxygens (including phenoxy) is 1. The van der Waals surface area contributed by atoms with Gasteiger partial charge in [-0.05, 0) is 48.5 Å². The van der Waals surface area contributed by atoms with E-state index in [1.807, 2.05) is 0 Å². The van der Waals surface area contributed by atoms with Gasteiger partial charge in [0.2, 0.25) is 0 Å². The molecule has 3 nitrogen and oxygen atoms in total. The van der Waals surface area contributed by atoms with Crippen LogP contribution in [0.4, 0.5) is 14.5 Å². The van der Waals surface area contributed by atoms with Gasteiger partial charge in [0.25, 0.3) is 0 Å². The first kappa shape index (κ1) is 16.7. The van der Waals surface area contributed by atoms with Crippen LogP contribution in [0.3, 0.4) is 0 Å². The normalized spacial score (nSPS) is 10.7. The molecular formula is C18H17F2NO2. The van der Waals surface area contributed by atoms with Crippen molar-refractivity contribution in [3.63, 3.8) is 0 Å². The molecule has 2 rings (SSSR count). The molecule has 0 aliphatic heterocycles. The van der Waals surface area contributed by atoms with Crippen molar-refractivity contribution in [3.8, 4) is 5.75 Å². The molecule has 0 aromatic heterocycles. The molecule has 0 radical (unpaired) electrons. The van der Waals surface area contributed by atoms with Gasteiger partial charge < -0.3 is 10.1 Å². The average Bonchev–Trinajstić information content (AvgIpc) is 2.57. The number of hydrogen-bond donors (Lipinski definition) is 1. The smallest absolute Gasteiger partial charge is 0.187 e. The zero-order valence-electron chi connectivity index (χ0n) is 12.5. The second kappa shape index (κ2) is 8.68. The van der Waals surface area contributed by atoms with Gasteiger partial charge in [0.05, 0.1) is 13.3 Å². The summed E-state index contributed by atoms with van der Waals surface area (Å²) in [6, 6.07) is 12.5. The number of hydrogen-bond acceptors (Lipinski definition) is 3. The molecular weight excluding hydrogens is 300 g/mol. The molecule has 23 heavy (non-hydrogen) atoms. The van der Waals surface area contributed by atoms with E-state index in [4.69, 9.17) is 4.74 Å². The molecule has 0 aliphatic rings. The fourth-order valence-electron chi connectivity index (χ4n) is 1.82. The second-order valence-corrected chi connectivity index (χ2v) is 4.76. The Morgan fingerprint density at radius 1 is 1.09 bits per heavy atom. The molecule has 0 amide bonds. The summed E-state index contributed by atoms with van der Waals surface area (Å²) >= 11 is 0. The van der Waals surface area contributed by atoms with Crippen LogP contribution < -0.4 is 10.1 Å². The van der Waals surface area contributed by atoms with E-state index in [1.165, 1.54) is 24.4 Å². The first-order chi connectivity index (χ1) is 11.2. The van der Waals surface area contributed by atoms with Crippen molar-refractivity contribution in [1.82, 2.24) is 0 Å². The van der Waals surface area contributed by atoms with Crippen LogP contribution in [0, 0.1) is 5.82 Å². The van der Waals surface area contributed by atoms with Crippen LogP contribution in [-0.2, 0) is 0 Å². The molecule has 0 spiro atoms. The van der Waals surface area contributed by atoms with Crippen molar-refractivity contribution in [2.24, 2.45) is 0 Å². The van der Waals surface area contributed by atoms with E-state index in [1.54, 1.807) is 36.4 Å². The van der Waals surface area contributed by atoms with Gasteiger partial charge in [0.15, 0.2) is 5.78 Å². The van der Waals surface area contributed by atoms with Crippen LogP contribution in [0.25, 0.3) is 0 Å². The first-order valence-corrected chi connectivity index (χ1v) is 7.21. The summed E-state index contributed by atoms with van der Waals surface area (Å²) in [5.74, 6) is 0.114. The van der Waals surface area contributed by atoms with Crippen LogP contribution >= 0.6 is 0 Å². The van der Waals surface area contributed by atoms with Gasteiger partial charge in [-0.15, -0.1) is 0 Å². The highest BCUT2D eigenvalue weighted by Gasteiger charge is 2.02. The summed E-state index contributed by atoms with van der Waals surface area (Å²) in [5.41, 5.74) is 1.20. The number of rotatable bonds is 8. The lowest BCUT2D eigenvalue weighted by Gasteiger charge is -2.05. The van der Waals surface area contributed by atoms with E-state index in [-0.39, 0.29) is 11.6 Å². The summed E-state index contributed by atoms with van der Waals surface area (Å²) in [6.45, 7) is -0.103. The van der Waals surface area contributed by atoms with Gasteiger partial charge >= 0.3 is 0 Å². The second-order valence-electron chi connectivity index (χ2n) is 4.76. The molecule has 1 N–H and O–H groups in total. The molecule has 0 saturated carbocycles. The molecule has 2 aromatic rings. The van der Waals surface area contributed by atoms with Gasteiger partial charge in [-0.25, -0.2) is 4.39 Å². The van der Waals surface area contributed by atoms with Gasteiger partial charge in [-0.1, -0.05) is 0 Å². The van der Waals surface area contributed by atoms with Crippen LogP contribution in [0.15, 0.2) is 60.8 Å². The van der Waals surface area contributed by atoms with Crippen LogP contribution in [0.1, 0.15) is 16.8 Å². The zero-order valence-corrected chi connectivity index (χ0v) is 12.5. The molecule has 0 bridgehead atoms. The molecule has 0 heterocycles. The van der Waals surface area contributed by atoms with E-state index < -0.39 is 6.67 Å². The summed E-state index contributed by atoms with van der Waals surface area (Å²) in [4.78, 5) is 12.0. The maximum absolute atomic E-state index is 12.8. The molecule has 0 fully saturated rings. The minimum Gasteiger partial charge on any atom is -0.493 e. The van der Waals surface area contributed by atoms with Gasteiger partial charge in [0.1, 0.15) is 11.6 Å². The van der Waals surface area contributed by atoms with Crippen molar-refractivity contribution < 1.29 is 18.3 Å². The standard InChI is InChI=1S/C18H17F2NO2/c19-11-1-13-23-17-8-2-14(3-9-17)18(22)10-12-21-16-6-4-15(20)5-7-16/h2-10,12,21H,1,11,13H2. The average molecular weight is 317 g/mol. The number of alkyl halides is 1. The predicted octanol–water partition coefficient (Wildman–Crippen LogP) is 4.37. The Morgan fingerprint density at radius 3 is 2.43 bits per heavy atom. The Labute approximate surface area is 133 Å². The van der Waals surface area contributed by atoms with E-state index in [2.05, 4.69) is 5.32 Å². The quantitative estimate of drug-likeness (QED) is 0.446. The number of carbonyl (C=O) groups excluding carboxylic acids is 1. The minimum absolute atomic E-state index is 0.171. The Kier molecular flexibility index (Phi) is 6.29. The highest BCUT2D eigenvalue weighted by Crippen LogP contribution is 2.13. The first-order valence-electron chi connectivity index (χ1n) is 7.21. The van der Waals surface area contributed by atoms with Crippen LogP contribution in [0.5, 0.6) is 5.75 Å². The third-order valence-corrected chi connectivity index (χ3v) is 3.01. The summed E-state index contributed by atoms with van der Waals surface area (Å²) in [5, 5.41) is 2.89. The number of ketones is 1. The van der Waals surface area contributed by atoms with E-state index in [9.17, 15) is 13.6 Å². The van der Waals surface area contributed by atoms with Gasteiger partial charge in [-0.3, -0.25) is 9.18 Å². The van der Waals surface area contributed by atoms with Crippen molar-refractivity contribution in [1.29, 1.82) is 0 Å². The highest BCUT2D eigenvalue weighted by atomic mass is 19.1. The summed E-state index contributed by atoms with van der Waals surface area (Å²) in [7, 11) is 0. The molecule has 0 aliphatic carbocycles. The number of benzene rings is 2. The van der Waals surface area contributed by atoms with E-state index in [0.717, 1.165) is 0 Å². The fraction of sp³-hybridized carbons (Fsp3) is 0.167. The van der Waals surface area contributed by atoms with Crippen molar-refractivity contribution in [3.05, 3.63) is 72.2 Å². The third-order valence-electron chi connectivity index (χ3n) is 3.01. The zero-order chi connectivity index (χ0) is 16.5. The Hall–Kier alpha value is -2.69. The van der Waals surface area contributed by atoms with E-state index in [0.29, 0.717) is 30.0 Å². The lowest BCUT2D eigenvalue weighted by atomic mass is 10.1. The largest absolute Gasteiger partial charge is 0.493 e. The SMILES string of the molecule is O=C(C=CNc1ccc(F)cc1)c1ccc(OCCCF)cc1. The monoisotopic (exact) mass is 317 g/mol. The molecule has 120 valence electrons. The lowest BCUT2D eigenvalue weighted by Crippen LogP contribution is -1.99. The number of carbonyl (C=O) groups is 1. The van der Waals surface area contributed by atoms with Crippen molar-refractivity contribution in [2.45, 2.75) is 6.42 Å². The molecule has 5 heteroatoms. The van der Waals surface area contributed by atoms with Crippen LogP contribution in [0.2, 0.25) is 0 Å². The maximum Gasteiger partial charge on any atom is 0.187 e. The fourth-order valence-corrected chi connectivity index (χ4v) is 1.82. The molecule has 0 atom stereocenters. The Balaban J connectivity index is 1.87. The third kappa shape index (κ3) is 5.54. The topological polar surface area (TPSA) is 38.3 Å². The number of anilines is 1. The number of nitrogens with one attached hydrogen (secondary N) is 1. The Morgan fingerprint density at radius 2 is 1.78 bits per heavy atom. The lowest BCUT2D eigenvalue weighted by molar-refractivity contribution is 0.104.